The maximum atomic E-state index is 6.10. The number of hydrogen-bond acceptors (Lipinski definition) is 2. The first-order valence-electron chi connectivity index (χ1n) is 5.89. The molecule has 3 rings (SSSR count). The third kappa shape index (κ3) is 1.53. The monoisotopic (exact) mass is 218 g/mol. The van der Waals surface area contributed by atoms with Crippen LogP contribution in [0.4, 0.5) is 0 Å². The predicted octanol–water partition coefficient (Wildman–Crippen LogP) is 1.70. The van der Waals surface area contributed by atoms with E-state index >= 15 is 0 Å². The second kappa shape index (κ2) is 3.10. The molecular weight excluding hydrogens is 200 g/mol. The average Bonchev–Trinajstić information content (AvgIpc) is 2.74. The van der Waals surface area contributed by atoms with Gasteiger partial charge in [0.05, 0.1) is 5.69 Å². The molecule has 86 valence electrons. The normalized spacial score (nSPS) is 18.2. The van der Waals surface area contributed by atoms with Crippen LogP contribution in [0.25, 0.3) is 5.78 Å². The van der Waals surface area contributed by atoms with Crippen molar-refractivity contribution in [3.05, 3.63) is 23.3 Å². The summed E-state index contributed by atoms with van der Waals surface area (Å²) in [5, 5.41) is 0. The number of nitrogens with zero attached hydrogens (tertiary/aromatic N) is 2. The smallest absolute Gasteiger partial charge is 0.211 e. The van der Waals surface area contributed by atoms with Crippen LogP contribution in [-0.4, -0.2) is 19.9 Å². The van der Waals surface area contributed by atoms with Gasteiger partial charge in [-0.3, -0.25) is 4.40 Å². The van der Waals surface area contributed by atoms with Crippen molar-refractivity contribution in [2.24, 2.45) is 5.73 Å². The van der Waals surface area contributed by atoms with E-state index in [0.29, 0.717) is 0 Å². The zero-order chi connectivity index (χ0) is 11.3. The number of nitrogens with one attached hydrogen (secondary N) is 1. The van der Waals surface area contributed by atoms with Gasteiger partial charge in [-0.15, -0.1) is 0 Å². The van der Waals surface area contributed by atoms with Gasteiger partial charge in [-0.25, -0.2) is 4.98 Å². The summed E-state index contributed by atoms with van der Waals surface area (Å²) in [5.41, 5.74) is 9.79. The molecule has 0 aliphatic heterocycles. The van der Waals surface area contributed by atoms with Crippen LogP contribution in [0.2, 0.25) is 0 Å². The molecule has 0 bridgehead atoms. The zero-order valence-electron chi connectivity index (χ0n) is 9.88. The van der Waals surface area contributed by atoms with Gasteiger partial charge < -0.3 is 10.7 Å². The topological polar surface area (TPSA) is 59.1 Å². The highest BCUT2D eigenvalue weighted by Crippen LogP contribution is 2.36. The lowest BCUT2D eigenvalue weighted by molar-refractivity contribution is 0.603. The second-order valence-corrected chi connectivity index (χ2v) is 5.14. The molecule has 3 N–H and O–H groups in total. The van der Waals surface area contributed by atoms with E-state index < -0.39 is 0 Å². The average molecular weight is 218 g/mol. The van der Waals surface area contributed by atoms with E-state index in [1.165, 1.54) is 24.2 Å². The Morgan fingerprint density at radius 2 is 2.25 bits per heavy atom. The van der Waals surface area contributed by atoms with Crippen LogP contribution in [0, 0.1) is 13.8 Å². The zero-order valence-corrected chi connectivity index (χ0v) is 9.88. The summed E-state index contributed by atoms with van der Waals surface area (Å²) in [7, 11) is 0. The lowest BCUT2D eigenvalue weighted by atomic mass is 10.1. The first-order valence-corrected chi connectivity index (χ1v) is 5.89. The van der Waals surface area contributed by atoms with Crippen molar-refractivity contribution in [1.82, 2.24) is 14.4 Å². The lowest BCUT2D eigenvalue weighted by Gasteiger charge is -2.06. The molecule has 1 fully saturated rings. The maximum absolute atomic E-state index is 6.10. The van der Waals surface area contributed by atoms with Crippen molar-refractivity contribution < 1.29 is 0 Å². The minimum Gasteiger partial charge on any atom is -0.328 e. The largest absolute Gasteiger partial charge is 0.328 e. The Balaban J connectivity index is 1.86. The standard InChI is InChI=1S/C12H18N4/c1-8-7-16-9(2)10(15-11(16)14-8)3-4-12(13)5-6-12/h7H,3-6,13H2,1-2H3,(H,14,15). The molecule has 16 heavy (non-hydrogen) atoms. The van der Waals surface area contributed by atoms with Crippen molar-refractivity contribution in [3.63, 3.8) is 0 Å². The highest BCUT2D eigenvalue weighted by Gasteiger charge is 2.37. The van der Waals surface area contributed by atoms with Gasteiger partial charge >= 0.3 is 0 Å². The highest BCUT2D eigenvalue weighted by molar-refractivity contribution is 5.37. The van der Waals surface area contributed by atoms with Gasteiger partial charge in [-0.2, -0.15) is 0 Å². The van der Waals surface area contributed by atoms with Crippen LogP contribution < -0.4 is 5.73 Å². The van der Waals surface area contributed by atoms with E-state index in [9.17, 15) is 0 Å². The molecule has 4 heteroatoms. The molecule has 0 aromatic carbocycles. The molecule has 2 aromatic rings. The third-order valence-corrected chi connectivity index (χ3v) is 3.63. The number of aromatic amines is 1. The summed E-state index contributed by atoms with van der Waals surface area (Å²) in [6.07, 6.45) is 6.51. The Kier molecular flexibility index (Phi) is 1.92. The number of hydrogen-bond donors (Lipinski definition) is 2. The van der Waals surface area contributed by atoms with E-state index in [1.54, 1.807) is 0 Å². The summed E-state index contributed by atoms with van der Waals surface area (Å²) in [6.45, 7) is 4.17. The molecular formula is C12H18N4. The molecule has 0 saturated heterocycles. The fraction of sp³-hybridized carbons (Fsp3) is 0.583. The number of aromatic nitrogens is 3. The molecule has 1 aliphatic rings. The summed E-state index contributed by atoms with van der Waals surface area (Å²) >= 11 is 0. The quantitative estimate of drug-likeness (QED) is 0.823. The molecule has 0 amide bonds. The number of rotatable bonds is 3. The van der Waals surface area contributed by atoms with E-state index in [-0.39, 0.29) is 5.54 Å². The van der Waals surface area contributed by atoms with Crippen LogP contribution in [0.15, 0.2) is 6.20 Å². The first kappa shape index (κ1) is 9.90. The van der Waals surface area contributed by atoms with Gasteiger partial charge in [-0.1, -0.05) is 0 Å². The summed E-state index contributed by atoms with van der Waals surface area (Å²) in [4.78, 5) is 7.87. The number of nitrogens with two attached hydrogens (primary N) is 1. The number of imidazole rings is 2. The van der Waals surface area contributed by atoms with Crippen LogP contribution in [0.5, 0.6) is 0 Å². The van der Waals surface area contributed by atoms with Gasteiger partial charge in [0.1, 0.15) is 0 Å². The molecule has 0 atom stereocenters. The Morgan fingerprint density at radius 1 is 1.50 bits per heavy atom. The Morgan fingerprint density at radius 3 is 2.88 bits per heavy atom. The van der Waals surface area contributed by atoms with E-state index in [4.69, 9.17) is 5.73 Å². The molecule has 0 radical (unpaired) electrons. The Bertz CT molecular complexity index is 530. The maximum Gasteiger partial charge on any atom is 0.211 e. The molecule has 1 aliphatic carbocycles. The Hall–Kier alpha value is -1.29. The lowest BCUT2D eigenvalue weighted by Crippen LogP contribution is -2.22. The Labute approximate surface area is 94.9 Å². The molecule has 0 unspecified atom stereocenters. The number of H-pyrrole nitrogens is 1. The summed E-state index contributed by atoms with van der Waals surface area (Å²) in [5.74, 6) is 0.951. The van der Waals surface area contributed by atoms with E-state index in [2.05, 4.69) is 27.5 Å². The van der Waals surface area contributed by atoms with E-state index in [1.807, 2.05) is 6.92 Å². The first-order chi connectivity index (χ1) is 7.57. The summed E-state index contributed by atoms with van der Waals surface area (Å²) in [6, 6.07) is 0. The molecule has 2 heterocycles. The van der Waals surface area contributed by atoms with Crippen molar-refractivity contribution in [2.45, 2.75) is 45.1 Å². The van der Waals surface area contributed by atoms with Crippen molar-refractivity contribution >= 4 is 5.78 Å². The van der Waals surface area contributed by atoms with Gasteiger partial charge in [0, 0.05) is 23.1 Å². The van der Waals surface area contributed by atoms with Crippen molar-refractivity contribution in [3.8, 4) is 0 Å². The predicted molar refractivity (Wildman–Crippen MR) is 63.5 cm³/mol. The van der Waals surface area contributed by atoms with Gasteiger partial charge in [-0.05, 0) is 39.5 Å². The highest BCUT2D eigenvalue weighted by atomic mass is 15.1. The molecule has 4 nitrogen and oxygen atoms in total. The van der Waals surface area contributed by atoms with Crippen LogP contribution >= 0.6 is 0 Å². The second-order valence-electron chi connectivity index (χ2n) is 5.14. The van der Waals surface area contributed by atoms with Crippen molar-refractivity contribution in [1.29, 1.82) is 0 Å². The fourth-order valence-corrected chi connectivity index (χ4v) is 2.22. The van der Waals surface area contributed by atoms with Crippen molar-refractivity contribution in [2.75, 3.05) is 0 Å². The van der Waals surface area contributed by atoms with Gasteiger partial charge in [0.25, 0.3) is 0 Å². The van der Waals surface area contributed by atoms with Gasteiger partial charge in [0.2, 0.25) is 5.78 Å². The molecule has 0 spiro atoms. The third-order valence-electron chi connectivity index (χ3n) is 3.63. The number of aryl methyl sites for hydroxylation is 3. The van der Waals surface area contributed by atoms with Crippen LogP contribution in [0.3, 0.4) is 0 Å². The van der Waals surface area contributed by atoms with Crippen LogP contribution in [-0.2, 0) is 6.42 Å². The van der Waals surface area contributed by atoms with Crippen LogP contribution in [0.1, 0.15) is 36.3 Å². The van der Waals surface area contributed by atoms with Gasteiger partial charge in [0.15, 0.2) is 0 Å². The number of fused-ring (bicyclic) bond motifs is 1. The van der Waals surface area contributed by atoms with E-state index in [0.717, 1.165) is 24.3 Å². The summed E-state index contributed by atoms with van der Waals surface area (Å²) < 4.78 is 2.13. The minimum atomic E-state index is 0.125. The molecule has 1 saturated carbocycles. The fourth-order valence-electron chi connectivity index (χ4n) is 2.22. The molecule has 2 aromatic heterocycles. The minimum absolute atomic E-state index is 0.125. The SMILES string of the molecule is Cc1cn2c(C)c(CCC3(N)CC3)nc2[nH]1.